The van der Waals surface area contributed by atoms with E-state index >= 15 is 0 Å². The van der Waals surface area contributed by atoms with Crippen molar-refractivity contribution in [2.24, 2.45) is 0 Å². The molecule has 2 aromatic rings. The molecular weight excluding hydrogens is 281 g/mol. The summed E-state index contributed by atoms with van der Waals surface area (Å²) in [4.78, 5) is 19.0. The second kappa shape index (κ2) is 5.25. The van der Waals surface area contributed by atoms with Crippen LogP contribution in [0.1, 0.15) is 24.1 Å². The van der Waals surface area contributed by atoms with E-state index in [9.17, 15) is 9.18 Å². The Bertz CT molecular complexity index is 714. The summed E-state index contributed by atoms with van der Waals surface area (Å²) in [5.41, 5.74) is 1.97. The lowest BCUT2D eigenvalue weighted by atomic mass is 9.97. The highest BCUT2D eigenvalue weighted by Crippen LogP contribution is 2.22. The number of rotatable bonds is 2. The molecule has 4 nitrogen and oxygen atoms in total. The number of aromatic amines is 1. The number of aryl methyl sites for hydroxylation is 1. The summed E-state index contributed by atoms with van der Waals surface area (Å²) in [6.45, 7) is 0. The predicted molar refractivity (Wildman–Crippen MR) is 76.2 cm³/mol. The van der Waals surface area contributed by atoms with Gasteiger partial charge >= 0.3 is 0 Å². The Morgan fingerprint density at radius 3 is 2.90 bits per heavy atom. The lowest BCUT2D eigenvalue weighted by molar-refractivity contribution is 0.629. The van der Waals surface area contributed by atoms with Gasteiger partial charge in [0.2, 0.25) is 5.95 Å². The SMILES string of the molecule is O=c1[nH]c(Nc2ccc(Cl)c(F)c2)nc2c1CCCC2. The predicted octanol–water partition coefficient (Wildman–Crippen LogP) is 3.18. The van der Waals surface area contributed by atoms with Gasteiger partial charge in [-0.2, -0.15) is 0 Å². The Morgan fingerprint density at radius 2 is 2.10 bits per heavy atom. The molecule has 1 aliphatic rings. The quantitative estimate of drug-likeness (QED) is 0.894. The van der Waals surface area contributed by atoms with E-state index in [0.29, 0.717) is 11.6 Å². The Labute approximate surface area is 120 Å². The van der Waals surface area contributed by atoms with E-state index in [2.05, 4.69) is 15.3 Å². The highest BCUT2D eigenvalue weighted by atomic mass is 35.5. The molecule has 1 aliphatic carbocycles. The van der Waals surface area contributed by atoms with Crippen molar-refractivity contribution in [3.05, 3.63) is 50.7 Å². The topological polar surface area (TPSA) is 57.8 Å². The van der Waals surface area contributed by atoms with E-state index in [-0.39, 0.29) is 10.6 Å². The van der Waals surface area contributed by atoms with Crippen molar-refractivity contribution in [1.82, 2.24) is 9.97 Å². The first-order valence-corrected chi connectivity index (χ1v) is 6.85. The van der Waals surface area contributed by atoms with Crippen LogP contribution in [-0.2, 0) is 12.8 Å². The van der Waals surface area contributed by atoms with E-state index in [1.165, 1.54) is 12.1 Å². The summed E-state index contributed by atoms with van der Waals surface area (Å²) in [6, 6.07) is 4.35. The van der Waals surface area contributed by atoms with Gasteiger partial charge in [0.05, 0.1) is 10.7 Å². The number of fused-ring (bicyclic) bond motifs is 1. The van der Waals surface area contributed by atoms with Crippen molar-refractivity contribution in [2.45, 2.75) is 25.7 Å². The third-order valence-electron chi connectivity index (χ3n) is 3.37. The second-order valence-corrected chi connectivity index (χ2v) is 5.21. The summed E-state index contributed by atoms with van der Waals surface area (Å²) < 4.78 is 13.4. The fraction of sp³-hybridized carbons (Fsp3) is 0.286. The number of anilines is 2. The number of H-pyrrole nitrogens is 1. The van der Waals surface area contributed by atoms with Gasteiger partial charge in [0.25, 0.3) is 5.56 Å². The summed E-state index contributed by atoms with van der Waals surface area (Å²) >= 11 is 5.63. The van der Waals surface area contributed by atoms with Crippen LogP contribution in [0.3, 0.4) is 0 Å². The van der Waals surface area contributed by atoms with Gasteiger partial charge in [0.15, 0.2) is 0 Å². The van der Waals surface area contributed by atoms with Gasteiger partial charge in [-0.15, -0.1) is 0 Å². The van der Waals surface area contributed by atoms with Crippen LogP contribution in [0.2, 0.25) is 5.02 Å². The zero-order valence-electron chi connectivity index (χ0n) is 10.7. The summed E-state index contributed by atoms with van der Waals surface area (Å²) in [5, 5.41) is 2.96. The van der Waals surface area contributed by atoms with Crippen LogP contribution in [0.15, 0.2) is 23.0 Å². The van der Waals surface area contributed by atoms with E-state index < -0.39 is 5.82 Å². The lowest BCUT2D eigenvalue weighted by Crippen LogP contribution is -2.22. The fourth-order valence-corrected chi connectivity index (χ4v) is 2.49. The van der Waals surface area contributed by atoms with Crippen molar-refractivity contribution in [3.8, 4) is 0 Å². The van der Waals surface area contributed by atoms with E-state index in [1.807, 2.05) is 0 Å². The maximum Gasteiger partial charge on any atom is 0.255 e. The molecule has 3 rings (SSSR count). The zero-order chi connectivity index (χ0) is 14.1. The first-order valence-electron chi connectivity index (χ1n) is 6.47. The van der Waals surface area contributed by atoms with Gasteiger partial charge in [0.1, 0.15) is 5.82 Å². The molecule has 0 saturated carbocycles. The molecule has 2 N–H and O–H groups in total. The number of halogens is 2. The van der Waals surface area contributed by atoms with Crippen molar-refractivity contribution < 1.29 is 4.39 Å². The van der Waals surface area contributed by atoms with Gasteiger partial charge in [-0.3, -0.25) is 9.78 Å². The molecule has 0 saturated heterocycles. The van der Waals surface area contributed by atoms with Crippen LogP contribution in [0.25, 0.3) is 0 Å². The van der Waals surface area contributed by atoms with Crippen molar-refractivity contribution in [1.29, 1.82) is 0 Å². The molecule has 0 bridgehead atoms. The molecule has 0 radical (unpaired) electrons. The van der Waals surface area contributed by atoms with Crippen LogP contribution in [-0.4, -0.2) is 9.97 Å². The molecule has 0 aliphatic heterocycles. The normalized spacial score (nSPS) is 13.9. The zero-order valence-corrected chi connectivity index (χ0v) is 11.4. The average Bonchev–Trinajstić information content (AvgIpc) is 2.43. The van der Waals surface area contributed by atoms with E-state index in [4.69, 9.17) is 11.6 Å². The minimum Gasteiger partial charge on any atom is -0.326 e. The maximum atomic E-state index is 13.4. The second-order valence-electron chi connectivity index (χ2n) is 4.80. The Hall–Kier alpha value is -1.88. The minimum absolute atomic E-state index is 0.0578. The van der Waals surface area contributed by atoms with Crippen LogP contribution < -0.4 is 10.9 Å². The van der Waals surface area contributed by atoms with Crippen LogP contribution in [0.4, 0.5) is 16.0 Å². The Kier molecular flexibility index (Phi) is 3.44. The molecule has 0 amide bonds. The monoisotopic (exact) mass is 293 g/mol. The molecule has 1 aromatic heterocycles. The highest BCUT2D eigenvalue weighted by Gasteiger charge is 2.15. The number of nitrogens with zero attached hydrogens (tertiary/aromatic N) is 1. The summed E-state index contributed by atoms with van der Waals surface area (Å²) in [7, 11) is 0. The number of hydrogen-bond acceptors (Lipinski definition) is 3. The molecule has 1 aromatic carbocycles. The molecular formula is C14H13ClFN3O. The van der Waals surface area contributed by atoms with Crippen molar-refractivity contribution in [3.63, 3.8) is 0 Å². The van der Waals surface area contributed by atoms with Crippen molar-refractivity contribution in [2.75, 3.05) is 5.32 Å². The third kappa shape index (κ3) is 2.54. The molecule has 0 unspecified atom stereocenters. The standard InChI is InChI=1S/C14H13ClFN3O/c15-10-6-5-8(7-11(10)16)17-14-18-12-4-2-1-3-9(12)13(20)19-14/h5-7H,1-4H2,(H2,17,18,19,20). The Balaban J connectivity index is 1.93. The van der Waals surface area contributed by atoms with Gasteiger partial charge in [-0.05, 0) is 43.9 Å². The van der Waals surface area contributed by atoms with Gasteiger partial charge in [0, 0.05) is 11.3 Å². The van der Waals surface area contributed by atoms with Crippen LogP contribution in [0.5, 0.6) is 0 Å². The first kappa shape index (κ1) is 13.1. The van der Waals surface area contributed by atoms with Gasteiger partial charge in [-0.1, -0.05) is 11.6 Å². The molecule has 0 fully saturated rings. The number of aromatic nitrogens is 2. The van der Waals surface area contributed by atoms with Crippen LogP contribution in [0, 0.1) is 5.82 Å². The minimum atomic E-state index is -0.517. The number of benzene rings is 1. The van der Waals surface area contributed by atoms with Gasteiger partial charge in [-0.25, -0.2) is 9.37 Å². The van der Waals surface area contributed by atoms with Crippen LogP contribution >= 0.6 is 11.6 Å². The molecule has 20 heavy (non-hydrogen) atoms. The van der Waals surface area contributed by atoms with Crippen molar-refractivity contribution >= 4 is 23.2 Å². The lowest BCUT2D eigenvalue weighted by Gasteiger charge is -2.15. The molecule has 104 valence electrons. The third-order valence-corrected chi connectivity index (χ3v) is 3.68. The number of nitrogens with one attached hydrogen (secondary N) is 2. The average molecular weight is 294 g/mol. The Morgan fingerprint density at radius 1 is 1.30 bits per heavy atom. The number of hydrogen-bond donors (Lipinski definition) is 2. The molecule has 0 spiro atoms. The highest BCUT2D eigenvalue weighted by molar-refractivity contribution is 6.30. The summed E-state index contributed by atoms with van der Waals surface area (Å²) in [6.07, 6.45) is 3.64. The van der Waals surface area contributed by atoms with Gasteiger partial charge < -0.3 is 5.32 Å². The van der Waals surface area contributed by atoms with E-state index in [1.54, 1.807) is 6.07 Å². The molecule has 0 atom stereocenters. The van der Waals surface area contributed by atoms with E-state index in [0.717, 1.165) is 36.9 Å². The fourth-order valence-electron chi connectivity index (χ4n) is 2.37. The molecule has 1 heterocycles. The smallest absolute Gasteiger partial charge is 0.255 e. The first-order chi connectivity index (χ1) is 9.63. The largest absolute Gasteiger partial charge is 0.326 e. The summed E-state index contributed by atoms with van der Waals surface area (Å²) in [5.74, 6) is -0.186. The maximum absolute atomic E-state index is 13.4. The molecule has 6 heteroatoms.